The second-order valence-corrected chi connectivity index (χ2v) is 6.28. The zero-order valence-electron chi connectivity index (χ0n) is 14.7. The minimum absolute atomic E-state index is 0.221. The number of aromatic nitrogens is 3. The Morgan fingerprint density at radius 3 is 2.71 bits per heavy atom. The van der Waals surface area contributed by atoms with Crippen LogP contribution >= 0.6 is 0 Å². The first-order valence-corrected chi connectivity index (χ1v) is 8.74. The van der Waals surface area contributed by atoms with E-state index in [2.05, 4.69) is 16.0 Å². The van der Waals surface area contributed by atoms with Gasteiger partial charge in [0.25, 0.3) is 0 Å². The van der Waals surface area contributed by atoms with E-state index in [1.807, 2.05) is 54.6 Å². The van der Waals surface area contributed by atoms with Crippen LogP contribution in [0, 0.1) is 11.3 Å². The molecule has 0 amide bonds. The van der Waals surface area contributed by atoms with Gasteiger partial charge in [-0.3, -0.25) is 4.98 Å². The van der Waals surface area contributed by atoms with Gasteiger partial charge in [-0.25, -0.2) is 4.98 Å². The van der Waals surface area contributed by atoms with E-state index in [-0.39, 0.29) is 6.79 Å². The number of nitriles is 1. The van der Waals surface area contributed by atoms with Crippen LogP contribution in [0.25, 0.3) is 34.0 Å². The fourth-order valence-electron chi connectivity index (χ4n) is 3.19. The topological polar surface area (TPSA) is 83.8 Å². The van der Waals surface area contributed by atoms with Crippen molar-refractivity contribution in [1.29, 1.82) is 5.26 Å². The number of fused-ring (bicyclic) bond motifs is 1. The Labute approximate surface area is 161 Å². The van der Waals surface area contributed by atoms with Crippen LogP contribution in [0.4, 0.5) is 0 Å². The number of hydrogen-bond acceptors (Lipinski definition) is 5. The molecule has 0 radical (unpaired) electrons. The third-order valence-electron chi connectivity index (χ3n) is 4.54. The molecule has 0 fully saturated rings. The normalized spacial score (nSPS) is 12.0. The van der Waals surface area contributed by atoms with Gasteiger partial charge in [0.05, 0.1) is 28.7 Å². The van der Waals surface area contributed by atoms with Gasteiger partial charge >= 0.3 is 0 Å². The second-order valence-electron chi connectivity index (χ2n) is 6.28. The molecule has 6 nitrogen and oxygen atoms in total. The van der Waals surface area contributed by atoms with Gasteiger partial charge < -0.3 is 14.5 Å². The molecular weight excluding hydrogens is 352 g/mol. The van der Waals surface area contributed by atoms with Gasteiger partial charge in [-0.15, -0.1) is 0 Å². The van der Waals surface area contributed by atoms with Crippen LogP contribution in [0.2, 0.25) is 0 Å². The van der Waals surface area contributed by atoms with Crippen molar-refractivity contribution in [2.24, 2.45) is 0 Å². The lowest BCUT2D eigenvalue weighted by molar-refractivity contribution is 0.174. The van der Waals surface area contributed by atoms with Gasteiger partial charge in [-0.2, -0.15) is 5.26 Å². The minimum Gasteiger partial charge on any atom is -0.454 e. The average Bonchev–Trinajstić information content (AvgIpc) is 3.41. The van der Waals surface area contributed by atoms with Gasteiger partial charge in [-0.05, 0) is 42.5 Å². The number of aromatic amines is 1. The van der Waals surface area contributed by atoms with E-state index in [4.69, 9.17) is 14.5 Å². The number of H-pyrrole nitrogens is 1. The number of nitrogens with one attached hydrogen (secondary N) is 1. The number of nitrogens with zero attached hydrogens (tertiary/aromatic N) is 3. The molecular formula is C22H14N4O2. The van der Waals surface area contributed by atoms with Crippen molar-refractivity contribution in [3.63, 3.8) is 0 Å². The van der Waals surface area contributed by atoms with Crippen molar-refractivity contribution in [3.05, 3.63) is 72.4 Å². The van der Waals surface area contributed by atoms with E-state index < -0.39 is 0 Å². The van der Waals surface area contributed by atoms with E-state index in [0.717, 1.165) is 34.0 Å². The maximum atomic E-state index is 9.20. The first-order valence-electron chi connectivity index (χ1n) is 8.74. The van der Waals surface area contributed by atoms with Crippen LogP contribution in [0.3, 0.4) is 0 Å². The zero-order chi connectivity index (χ0) is 18.9. The van der Waals surface area contributed by atoms with Crippen LogP contribution in [0.15, 0.2) is 66.9 Å². The lowest BCUT2D eigenvalue weighted by atomic mass is 10.1. The maximum Gasteiger partial charge on any atom is 0.231 e. The summed E-state index contributed by atoms with van der Waals surface area (Å²) in [6.45, 7) is 0.221. The molecule has 2 aromatic carbocycles. The standard InChI is InChI=1S/C22H14N4O2/c23-12-14-4-3-5-16(10-14)22-25-20(21(26-22)17-6-1-2-9-24-17)15-7-8-18-19(11-15)28-13-27-18/h1-11H,13H2,(H,25,26). The summed E-state index contributed by atoms with van der Waals surface area (Å²) in [7, 11) is 0. The molecule has 0 spiro atoms. The van der Waals surface area contributed by atoms with Gasteiger partial charge in [-0.1, -0.05) is 18.2 Å². The first kappa shape index (κ1) is 16.1. The molecule has 2 aromatic heterocycles. The molecule has 4 aromatic rings. The Hall–Kier alpha value is -4.11. The van der Waals surface area contributed by atoms with Crippen molar-refractivity contribution in [3.8, 4) is 51.6 Å². The summed E-state index contributed by atoms with van der Waals surface area (Å²) in [5, 5.41) is 9.20. The Balaban J connectivity index is 1.69. The predicted molar refractivity (Wildman–Crippen MR) is 104 cm³/mol. The van der Waals surface area contributed by atoms with Gasteiger partial charge in [0.2, 0.25) is 6.79 Å². The van der Waals surface area contributed by atoms with Crippen LogP contribution in [0.1, 0.15) is 5.56 Å². The van der Waals surface area contributed by atoms with Gasteiger partial charge in [0.15, 0.2) is 11.5 Å². The highest BCUT2D eigenvalue weighted by atomic mass is 16.7. The summed E-state index contributed by atoms with van der Waals surface area (Å²) in [5.41, 5.74) is 4.65. The van der Waals surface area contributed by atoms with Crippen LogP contribution in [-0.2, 0) is 0 Å². The number of ether oxygens (including phenoxy) is 2. The first-order chi connectivity index (χ1) is 13.8. The highest BCUT2D eigenvalue weighted by molar-refractivity contribution is 5.81. The van der Waals surface area contributed by atoms with E-state index >= 15 is 0 Å². The summed E-state index contributed by atoms with van der Waals surface area (Å²) in [6.07, 6.45) is 1.75. The van der Waals surface area contributed by atoms with Crippen LogP contribution in [0.5, 0.6) is 11.5 Å². The van der Waals surface area contributed by atoms with Crippen molar-refractivity contribution < 1.29 is 9.47 Å². The molecule has 5 rings (SSSR count). The van der Waals surface area contributed by atoms with Crippen molar-refractivity contribution in [2.45, 2.75) is 0 Å². The molecule has 3 heterocycles. The molecule has 1 N–H and O–H groups in total. The monoisotopic (exact) mass is 366 g/mol. The van der Waals surface area contributed by atoms with E-state index in [1.54, 1.807) is 12.3 Å². The van der Waals surface area contributed by atoms with Gasteiger partial charge in [0, 0.05) is 17.3 Å². The fourth-order valence-corrected chi connectivity index (χ4v) is 3.19. The molecule has 134 valence electrons. The maximum absolute atomic E-state index is 9.20. The summed E-state index contributed by atoms with van der Waals surface area (Å²) in [4.78, 5) is 12.7. The van der Waals surface area contributed by atoms with E-state index in [0.29, 0.717) is 17.1 Å². The highest BCUT2D eigenvalue weighted by Crippen LogP contribution is 2.38. The third kappa shape index (κ3) is 2.75. The summed E-state index contributed by atoms with van der Waals surface area (Å²) in [6, 6.07) is 21.0. The van der Waals surface area contributed by atoms with Gasteiger partial charge in [0.1, 0.15) is 5.82 Å². The Kier molecular flexibility index (Phi) is 3.77. The number of hydrogen-bond donors (Lipinski definition) is 1. The second kappa shape index (κ2) is 6.56. The molecule has 0 bridgehead atoms. The molecule has 6 heteroatoms. The third-order valence-corrected chi connectivity index (χ3v) is 4.54. The summed E-state index contributed by atoms with van der Waals surface area (Å²) >= 11 is 0. The Morgan fingerprint density at radius 1 is 0.929 bits per heavy atom. The number of imidazole rings is 1. The number of benzene rings is 2. The molecule has 0 aliphatic carbocycles. The van der Waals surface area contributed by atoms with Crippen LogP contribution in [-0.4, -0.2) is 21.7 Å². The molecule has 0 atom stereocenters. The van der Waals surface area contributed by atoms with Crippen LogP contribution < -0.4 is 9.47 Å². The molecule has 1 aliphatic heterocycles. The van der Waals surface area contributed by atoms with E-state index in [9.17, 15) is 5.26 Å². The fraction of sp³-hybridized carbons (Fsp3) is 0.0455. The highest BCUT2D eigenvalue weighted by Gasteiger charge is 2.20. The number of pyridine rings is 1. The lowest BCUT2D eigenvalue weighted by Gasteiger charge is -2.03. The van der Waals surface area contributed by atoms with E-state index in [1.165, 1.54) is 0 Å². The summed E-state index contributed by atoms with van der Waals surface area (Å²) in [5.74, 6) is 2.09. The number of rotatable bonds is 3. The minimum atomic E-state index is 0.221. The zero-order valence-corrected chi connectivity index (χ0v) is 14.7. The Morgan fingerprint density at radius 2 is 1.86 bits per heavy atom. The van der Waals surface area contributed by atoms with Crippen molar-refractivity contribution in [1.82, 2.24) is 15.0 Å². The summed E-state index contributed by atoms with van der Waals surface area (Å²) < 4.78 is 10.9. The molecule has 1 aliphatic rings. The smallest absolute Gasteiger partial charge is 0.231 e. The van der Waals surface area contributed by atoms with Crippen molar-refractivity contribution in [2.75, 3.05) is 6.79 Å². The quantitative estimate of drug-likeness (QED) is 0.581. The Bertz CT molecular complexity index is 1210. The van der Waals surface area contributed by atoms with Crippen molar-refractivity contribution >= 4 is 0 Å². The molecule has 28 heavy (non-hydrogen) atoms. The molecule has 0 saturated heterocycles. The lowest BCUT2D eigenvalue weighted by Crippen LogP contribution is -1.92. The predicted octanol–water partition coefficient (Wildman–Crippen LogP) is 4.41. The molecule has 0 saturated carbocycles. The largest absolute Gasteiger partial charge is 0.454 e. The molecule has 0 unspecified atom stereocenters. The average molecular weight is 366 g/mol. The SMILES string of the molecule is N#Cc1cccc(-c2nc(-c3ccc4c(c3)OCO4)c(-c3ccccn3)[nH]2)c1.